The SMILES string of the molecule is Cc1cc(CN[C@@H](C)c2cccc(-n3cccn3)c2)no1. The molecule has 1 aromatic carbocycles. The minimum Gasteiger partial charge on any atom is -0.361 e. The van der Waals surface area contributed by atoms with Crippen LogP contribution in [0.2, 0.25) is 0 Å². The predicted molar refractivity (Wildman–Crippen MR) is 80.1 cm³/mol. The first-order chi connectivity index (χ1) is 10.2. The molecule has 0 aliphatic carbocycles. The molecule has 0 saturated heterocycles. The van der Waals surface area contributed by atoms with E-state index in [0.717, 1.165) is 17.1 Å². The predicted octanol–water partition coefficient (Wildman–Crippen LogP) is 3.02. The Morgan fingerprint density at radius 1 is 1.29 bits per heavy atom. The highest BCUT2D eigenvalue weighted by Gasteiger charge is 2.08. The fourth-order valence-corrected chi connectivity index (χ4v) is 2.23. The number of aromatic nitrogens is 3. The summed E-state index contributed by atoms with van der Waals surface area (Å²) in [5.41, 5.74) is 3.19. The number of rotatable bonds is 5. The first-order valence-electron chi connectivity index (χ1n) is 6.98. The summed E-state index contributed by atoms with van der Waals surface area (Å²) < 4.78 is 6.93. The normalized spacial score (nSPS) is 12.5. The van der Waals surface area contributed by atoms with Gasteiger partial charge in [0.25, 0.3) is 0 Å². The topological polar surface area (TPSA) is 55.9 Å². The van der Waals surface area contributed by atoms with E-state index in [1.54, 1.807) is 6.20 Å². The number of benzene rings is 1. The highest BCUT2D eigenvalue weighted by molar-refractivity contribution is 5.36. The van der Waals surface area contributed by atoms with Crippen molar-refractivity contribution in [3.63, 3.8) is 0 Å². The summed E-state index contributed by atoms with van der Waals surface area (Å²) in [6.45, 7) is 4.72. The minimum atomic E-state index is 0.220. The average molecular weight is 282 g/mol. The second-order valence-electron chi connectivity index (χ2n) is 5.08. The third-order valence-electron chi connectivity index (χ3n) is 3.41. The first kappa shape index (κ1) is 13.6. The van der Waals surface area contributed by atoms with Gasteiger partial charge in [-0.15, -0.1) is 0 Å². The lowest BCUT2D eigenvalue weighted by Gasteiger charge is -2.14. The number of hydrogen-bond acceptors (Lipinski definition) is 4. The summed E-state index contributed by atoms with van der Waals surface area (Å²) in [6, 6.07) is 12.4. The van der Waals surface area contributed by atoms with E-state index in [0.29, 0.717) is 6.54 Å². The van der Waals surface area contributed by atoms with E-state index >= 15 is 0 Å². The zero-order valence-corrected chi connectivity index (χ0v) is 12.2. The molecule has 0 radical (unpaired) electrons. The Morgan fingerprint density at radius 2 is 2.19 bits per heavy atom. The molecule has 2 aromatic heterocycles. The van der Waals surface area contributed by atoms with E-state index < -0.39 is 0 Å². The highest BCUT2D eigenvalue weighted by atomic mass is 16.5. The molecule has 21 heavy (non-hydrogen) atoms. The molecule has 2 heterocycles. The number of nitrogens with zero attached hydrogens (tertiary/aromatic N) is 3. The lowest BCUT2D eigenvalue weighted by molar-refractivity contribution is 0.386. The number of nitrogens with one attached hydrogen (secondary N) is 1. The molecule has 108 valence electrons. The van der Waals surface area contributed by atoms with Gasteiger partial charge in [-0.3, -0.25) is 0 Å². The van der Waals surface area contributed by atoms with Crippen molar-refractivity contribution in [1.29, 1.82) is 0 Å². The summed E-state index contributed by atoms with van der Waals surface area (Å²) in [6.07, 6.45) is 3.72. The molecule has 0 bridgehead atoms. The molecule has 1 atom stereocenters. The molecular formula is C16H18N4O. The standard InChI is InChI=1S/C16H18N4O/c1-12-9-15(19-21-12)11-17-13(2)14-5-3-6-16(10-14)20-8-4-7-18-20/h3-10,13,17H,11H2,1-2H3/t13-/m0/s1. The molecule has 1 N–H and O–H groups in total. The van der Waals surface area contributed by atoms with Gasteiger partial charge in [-0.05, 0) is 37.6 Å². The van der Waals surface area contributed by atoms with Crippen LogP contribution in [-0.2, 0) is 6.54 Å². The van der Waals surface area contributed by atoms with Gasteiger partial charge in [-0.25, -0.2) is 4.68 Å². The van der Waals surface area contributed by atoms with Crippen molar-refractivity contribution in [1.82, 2.24) is 20.3 Å². The van der Waals surface area contributed by atoms with Gasteiger partial charge in [-0.1, -0.05) is 17.3 Å². The second kappa shape index (κ2) is 5.93. The summed E-state index contributed by atoms with van der Waals surface area (Å²) in [5.74, 6) is 0.833. The van der Waals surface area contributed by atoms with E-state index in [4.69, 9.17) is 4.52 Å². The fourth-order valence-electron chi connectivity index (χ4n) is 2.23. The average Bonchev–Trinajstić information content (AvgIpc) is 3.16. The molecule has 5 nitrogen and oxygen atoms in total. The molecule has 0 aliphatic heterocycles. The van der Waals surface area contributed by atoms with Gasteiger partial charge in [0.1, 0.15) is 5.76 Å². The zero-order chi connectivity index (χ0) is 14.7. The van der Waals surface area contributed by atoms with Crippen molar-refractivity contribution in [3.05, 3.63) is 65.8 Å². The summed E-state index contributed by atoms with van der Waals surface area (Å²) in [4.78, 5) is 0. The van der Waals surface area contributed by atoms with Crippen molar-refractivity contribution in [2.45, 2.75) is 26.4 Å². The van der Waals surface area contributed by atoms with Crippen molar-refractivity contribution in [2.75, 3.05) is 0 Å². The van der Waals surface area contributed by atoms with Crippen molar-refractivity contribution < 1.29 is 4.52 Å². The summed E-state index contributed by atoms with van der Waals surface area (Å²) in [5, 5.41) is 11.7. The number of aryl methyl sites for hydroxylation is 1. The van der Waals surface area contributed by atoms with Crippen LogP contribution in [0.25, 0.3) is 5.69 Å². The van der Waals surface area contributed by atoms with Crippen molar-refractivity contribution in [3.8, 4) is 5.69 Å². The van der Waals surface area contributed by atoms with Crippen LogP contribution in [0.15, 0.2) is 53.3 Å². The van der Waals surface area contributed by atoms with E-state index in [2.05, 4.69) is 34.6 Å². The Labute approximate surface area is 123 Å². The van der Waals surface area contributed by atoms with E-state index in [1.807, 2.05) is 42.1 Å². The van der Waals surface area contributed by atoms with E-state index in [1.165, 1.54) is 5.56 Å². The van der Waals surface area contributed by atoms with Gasteiger partial charge in [0, 0.05) is 31.0 Å². The highest BCUT2D eigenvalue weighted by Crippen LogP contribution is 2.17. The smallest absolute Gasteiger partial charge is 0.133 e. The molecule has 0 saturated carbocycles. The van der Waals surface area contributed by atoms with E-state index in [-0.39, 0.29) is 6.04 Å². The van der Waals surface area contributed by atoms with Crippen molar-refractivity contribution in [2.24, 2.45) is 0 Å². The molecule has 3 rings (SSSR count). The Kier molecular flexibility index (Phi) is 3.83. The largest absolute Gasteiger partial charge is 0.361 e. The Balaban J connectivity index is 1.69. The van der Waals surface area contributed by atoms with Gasteiger partial charge < -0.3 is 9.84 Å². The van der Waals surface area contributed by atoms with Gasteiger partial charge in [-0.2, -0.15) is 5.10 Å². The third-order valence-corrected chi connectivity index (χ3v) is 3.41. The molecule has 0 aliphatic rings. The third kappa shape index (κ3) is 3.20. The first-order valence-corrected chi connectivity index (χ1v) is 6.98. The lowest BCUT2D eigenvalue weighted by Crippen LogP contribution is -2.18. The summed E-state index contributed by atoms with van der Waals surface area (Å²) >= 11 is 0. The fraction of sp³-hybridized carbons (Fsp3) is 0.250. The monoisotopic (exact) mass is 282 g/mol. The molecule has 0 amide bonds. The van der Waals surface area contributed by atoms with Gasteiger partial charge in [0.05, 0.1) is 11.4 Å². The maximum Gasteiger partial charge on any atom is 0.133 e. The lowest BCUT2D eigenvalue weighted by atomic mass is 10.1. The molecule has 3 aromatic rings. The van der Waals surface area contributed by atoms with Gasteiger partial charge in [0.2, 0.25) is 0 Å². The number of hydrogen-bond donors (Lipinski definition) is 1. The van der Waals surface area contributed by atoms with Crippen LogP contribution < -0.4 is 5.32 Å². The summed E-state index contributed by atoms with van der Waals surface area (Å²) in [7, 11) is 0. The van der Waals surface area contributed by atoms with Crippen molar-refractivity contribution >= 4 is 0 Å². The minimum absolute atomic E-state index is 0.220. The van der Waals surface area contributed by atoms with Crippen LogP contribution in [0.5, 0.6) is 0 Å². The molecule has 0 spiro atoms. The Hall–Kier alpha value is -2.40. The van der Waals surface area contributed by atoms with Crippen LogP contribution in [0.1, 0.15) is 30.0 Å². The van der Waals surface area contributed by atoms with Crippen LogP contribution in [0.4, 0.5) is 0 Å². The van der Waals surface area contributed by atoms with Crippen LogP contribution >= 0.6 is 0 Å². The van der Waals surface area contributed by atoms with E-state index in [9.17, 15) is 0 Å². The Bertz CT molecular complexity index is 703. The Morgan fingerprint density at radius 3 is 2.90 bits per heavy atom. The second-order valence-corrected chi connectivity index (χ2v) is 5.08. The molecule has 5 heteroatoms. The van der Waals surface area contributed by atoms with Crippen LogP contribution in [0.3, 0.4) is 0 Å². The van der Waals surface area contributed by atoms with Gasteiger partial charge >= 0.3 is 0 Å². The van der Waals surface area contributed by atoms with Gasteiger partial charge in [0.15, 0.2) is 0 Å². The quantitative estimate of drug-likeness (QED) is 0.781. The maximum absolute atomic E-state index is 5.07. The zero-order valence-electron chi connectivity index (χ0n) is 12.2. The molecule has 0 unspecified atom stereocenters. The molecule has 0 fully saturated rings. The van der Waals surface area contributed by atoms with Crippen LogP contribution in [-0.4, -0.2) is 14.9 Å². The van der Waals surface area contributed by atoms with Crippen LogP contribution in [0, 0.1) is 6.92 Å². The maximum atomic E-state index is 5.07. The molecular weight excluding hydrogens is 264 g/mol.